The molecule has 2 aromatic heterocycles. The van der Waals surface area contributed by atoms with Crippen molar-refractivity contribution in [1.82, 2.24) is 14.9 Å². The van der Waals surface area contributed by atoms with Crippen LogP contribution in [0.5, 0.6) is 17.4 Å². The summed E-state index contributed by atoms with van der Waals surface area (Å²) in [6.07, 6.45) is 0.767. The van der Waals surface area contributed by atoms with Gasteiger partial charge in [-0.1, -0.05) is 29.5 Å². The third kappa shape index (κ3) is 4.23. The van der Waals surface area contributed by atoms with Crippen LogP contribution in [0.25, 0.3) is 10.3 Å². The van der Waals surface area contributed by atoms with Gasteiger partial charge in [-0.05, 0) is 48.4 Å². The number of methoxy groups -OCH3 is 1. The van der Waals surface area contributed by atoms with Gasteiger partial charge < -0.3 is 14.4 Å². The van der Waals surface area contributed by atoms with Gasteiger partial charge in [0.25, 0.3) is 0 Å². The maximum Gasteiger partial charge on any atom is 0.328 e. The second-order valence-electron chi connectivity index (χ2n) is 9.28. The Morgan fingerprint density at radius 2 is 1.86 bits per heavy atom. The average molecular weight is 516 g/mol. The van der Waals surface area contributed by atoms with Crippen LogP contribution in [0.1, 0.15) is 18.9 Å². The first kappa shape index (κ1) is 23.2. The molecule has 0 saturated carbocycles. The van der Waals surface area contributed by atoms with Crippen LogP contribution in [-0.2, 0) is 10.2 Å². The number of carbonyl (C=O) groups excluding carboxylic acids is 2. The molecule has 1 saturated heterocycles. The number of benzene rings is 2. The maximum absolute atomic E-state index is 13.5. The molecule has 0 aliphatic carbocycles. The van der Waals surface area contributed by atoms with E-state index in [9.17, 15) is 9.59 Å². The number of carbonyl (C=O) groups is 2. The number of aromatic nitrogens is 2. The van der Waals surface area contributed by atoms with Gasteiger partial charge in [-0.3, -0.25) is 15.0 Å². The van der Waals surface area contributed by atoms with Crippen molar-refractivity contribution in [2.75, 3.05) is 37.0 Å². The summed E-state index contributed by atoms with van der Waals surface area (Å²) in [5.74, 6) is 1.96. The van der Waals surface area contributed by atoms with Crippen molar-refractivity contribution in [3.63, 3.8) is 0 Å². The Hall–Kier alpha value is -4.18. The van der Waals surface area contributed by atoms with Crippen molar-refractivity contribution in [2.24, 2.45) is 0 Å². The molecule has 0 radical (unpaired) electrons. The number of fused-ring (bicyclic) bond motifs is 3. The van der Waals surface area contributed by atoms with Gasteiger partial charge in [-0.15, -0.1) is 0 Å². The van der Waals surface area contributed by atoms with Crippen LogP contribution >= 0.6 is 11.3 Å². The molecule has 9 nitrogen and oxygen atoms in total. The largest absolute Gasteiger partial charge is 0.481 e. The van der Waals surface area contributed by atoms with Gasteiger partial charge in [0, 0.05) is 43.7 Å². The zero-order valence-electron chi connectivity index (χ0n) is 20.4. The van der Waals surface area contributed by atoms with E-state index in [-0.39, 0.29) is 17.4 Å². The molecule has 2 aliphatic rings. The SMILES string of the molecule is COc1ccc2nc(NC(=O)N3CC4(CCN(C(C)=O)C4)c4cc(Oc5ccccc5)ccc43)sc2n1. The average Bonchev–Trinajstić information content (AvgIpc) is 3.60. The smallest absolute Gasteiger partial charge is 0.328 e. The molecule has 10 heteroatoms. The minimum atomic E-state index is -0.364. The van der Waals surface area contributed by atoms with Crippen molar-refractivity contribution >= 4 is 44.4 Å². The van der Waals surface area contributed by atoms with Crippen LogP contribution in [0.15, 0.2) is 60.7 Å². The second-order valence-corrected chi connectivity index (χ2v) is 10.3. The maximum atomic E-state index is 13.5. The number of hydrogen-bond donors (Lipinski definition) is 1. The summed E-state index contributed by atoms with van der Waals surface area (Å²) >= 11 is 1.29. The lowest BCUT2D eigenvalue weighted by Gasteiger charge is -2.25. The number of urea groups is 1. The fraction of sp³-hybridized carbons (Fsp3) is 0.259. The van der Waals surface area contributed by atoms with Crippen LogP contribution in [0.3, 0.4) is 0 Å². The molecule has 1 spiro atoms. The summed E-state index contributed by atoms with van der Waals surface area (Å²) in [7, 11) is 1.56. The van der Waals surface area contributed by atoms with Gasteiger partial charge >= 0.3 is 6.03 Å². The van der Waals surface area contributed by atoms with Gasteiger partial charge in [0.1, 0.15) is 21.8 Å². The normalized spacial score (nSPS) is 18.3. The third-order valence-electron chi connectivity index (χ3n) is 6.97. The third-order valence-corrected chi connectivity index (χ3v) is 7.85. The number of nitrogens with zero attached hydrogens (tertiary/aromatic N) is 4. The van der Waals surface area contributed by atoms with Crippen molar-refractivity contribution in [3.05, 3.63) is 66.2 Å². The van der Waals surface area contributed by atoms with E-state index in [1.165, 1.54) is 11.3 Å². The molecule has 6 rings (SSSR count). The Morgan fingerprint density at radius 1 is 1.03 bits per heavy atom. The fourth-order valence-corrected chi connectivity index (χ4v) is 5.95. The first-order valence-corrected chi connectivity index (χ1v) is 12.8. The number of pyridine rings is 1. The van der Waals surface area contributed by atoms with E-state index in [0.717, 1.165) is 23.4 Å². The minimum absolute atomic E-state index is 0.0374. The lowest BCUT2D eigenvalue weighted by Crippen LogP contribution is -2.41. The molecule has 3 amide bonds. The van der Waals surface area contributed by atoms with Crippen LogP contribution in [0, 0.1) is 0 Å². The standard InChI is InChI=1S/C27H25N5O4S/c1-17(33)31-13-12-27(15-31)16-32(22-10-8-19(14-20(22)27)36-18-6-4-3-5-7-18)26(34)30-25-28-21-9-11-23(35-2)29-24(21)37-25/h3-11,14H,12-13,15-16H2,1-2H3,(H,28,30,34). The molecule has 1 N–H and O–H groups in total. The van der Waals surface area contributed by atoms with Gasteiger partial charge in [0.05, 0.1) is 7.11 Å². The summed E-state index contributed by atoms with van der Waals surface area (Å²) in [5, 5.41) is 3.41. The van der Waals surface area contributed by atoms with Gasteiger partial charge in [-0.25, -0.2) is 14.8 Å². The molecule has 188 valence electrons. The number of hydrogen-bond acceptors (Lipinski definition) is 7. The lowest BCUT2D eigenvalue weighted by atomic mass is 9.81. The molecular weight excluding hydrogens is 490 g/mol. The summed E-state index contributed by atoms with van der Waals surface area (Å²) < 4.78 is 11.3. The van der Waals surface area contributed by atoms with Gasteiger partial charge in [0.2, 0.25) is 11.8 Å². The van der Waals surface area contributed by atoms with E-state index in [1.54, 1.807) is 25.0 Å². The predicted molar refractivity (Wildman–Crippen MR) is 142 cm³/mol. The number of ether oxygens (including phenoxy) is 2. The first-order chi connectivity index (χ1) is 17.9. The molecule has 4 aromatic rings. The molecule has 2 aliphatic heterocycles. The van der Waals surface area contributed by atoms with E-state index >= 15 is 0 Å². The summed E-state index contributed by atoms with van der Waals surface area (Å²) in [4.78, 5) is 38.9. The fourth-order valence-electron chi connectivity index (χ4n) is 5.13. The Bertz CT molecular complexity index is 1510. The van der Waals surface area contributed by atoms with E-state index in [1.807, 2.05) is 59.5 Å². The van der Waals surface area contributed by atoms with E-state index in [0.29, 0.717) is 46.7 Å². The molecular formula is C27H25N5O4S. The number of para-hydroxylation sites is 1. The number of amides is 3. The summed E-state index contributed by atoms with van der Waals surface area (Å²) in [6, 6.07) is 18.7. The van der Waals surface area contributed by atoms with Crippen molar-refractivity contribution in [2.45, 2.75) is 18.8 Å². The summed E-state index contributed by atoms with van der Waals surface area (Å²) in [6.45, 7) is 3.26. The van der Waals surface area contributed by atoms with Crippen LogP contribution in [0.2, 0.25) is 0 Å². The van der Waals surface area contributed by atoms with Crippen molar-refractivity contribution < 1.29 is 19.1 Å². The van der Waals surface area contributed by atoms with Crippen LogP contribution in [-0.4, -0.2) is 53.6 Å². The highest BCUT2D eigenvalue weighted by Crippen LogP contribution is 2.48. The molecule has 37 heavy (non-hydrogen) atoms. The van der Waals surface area contributed by atoms with Crippen molar-refractivity contribution in [1.29, 1.82) is 0 Å². The first-order valence-electron chi connectivity index (χ1n) is 12.0. The molecule has 1 atom stereocenters. The Kier molecular flexibility index (Phi) is 5.68. The Morgan fingerprint density at radius 3 is 2.62 bits per heavy atom. The highest BCUT2D eigenvalue weighted by atomic mass is 32.1. The number of rotatable bonds is 4. The summed E-state index contributed by atoms with van der Waals surface area (Å²) in [5.41, 5.74) is 2.14. The monoisotopic (exact) mass is 515 g/mol. The number of anilines is 2. The zero-order chi connectivity index (χ0) is 25.6. The molecule has 4 heterocycles. The topological polar surface area (TPSA) is 96.9 Å². The zero-order valence-corrected chi connectivity index (χ0v) is 21.2. The van der Waals surface area contributed by atoms with Crippen LogP contribution in [0.4, 0.5) is 15.6 Å². The minimum Gasteiger partial charge on any atom is -0.481 e. The Balaban J connectivity index is 1.31. The number of nitrogens with one attached hydrogen (secondary N) is 1. The number of thiazole rings is 1. The van der Waals surface area contributed by atoms with E-state index in [2.05, 4.69) is 15.3 Å². The second kappa shape index (κ2) is 9.04. The van der Waals surface area contributed by atoms with Gasteiger partial charge in [-0.2, -0.15) is 0 Å². The highest BCUT2D eigenvalue weighted by Gasteiger charge is 2.49. The molecule has 1 unspecified atom stereocenters. The van der Waals surface area contributed by atoms with Crippen LogP contribution < -0.4 is 19.7 Å². The lowest BCUT2D eigenvalue weighted by molar-refractivity contribution is -0.127. The van der Waals surface area contributed by atoms with Gasteiger partial charge in [0.15, 0.2) is 5.13 Å². The van der Waals surface area contributed by atoms with E-state index in [4.69, 9.17) is 9.47 Å². The predicted octanol–water partition coefficient (Wildman–Crippen LogP) is 5.03. The molecule has 0 bridgehead atoms. The quantitative estimate of drug-likeness (QED) is 0.409. The van der Waals surface area contributed by atoms with E-state index < -0.39 is 0 Å². The molecule has 2 aromatic carbocycles. The molecule has 1 fully saturated rings. The Labute approximate surface area is 217 Å². The number of likely N-dealkylation sites (tertiary alicyclic amines) is 1. The highest BCUT2D eigenvalue weighted by molar-refractivity contribution is 7.22. The van der Waals surface area contributed by atoms with Crippen molar-refractivity contribution in [3.8, 4) is 17.4 Å².